The van der Waals surface area contributed by atoms with Gasteiger partial charge in [0.1, 0.15) is 11.1 Å². The van der Waals surface area contributed by atoms with Gasteiger partial charge in [-0.3, -0.25) is 9.36 Å². The lowest BCUT2D eigenvalue weighted by molar-refractivity contribution is 0.359. The number of aromatic nitrogens is 2. The van der Waals surface area contributed by atoms with Crippen molar-refractivity contribution in [3.63, 3.8) is 0 Å². The van der Waals surface area contributed by atoms with Crippen molar-refractivity contribution in [2.24, 2.45) is 0 Å². The van der Waals surface area contributed by atoms with Crippen molar-refractivity contribution < 1.29 is 4.74 Å². The number of nitrogens with zero attached hydrogens (tertiary/aromatic N) is 2. The zero-order valence-electron chi connectivity index (χ0n) is 11.9. The van der Waals surface area contributed by atoms with Gasteiger partial charge < -0.3 is 10.1 Å². The van der Waals surface area contributed by atoms with Gasteiger partial charge in [-0.25, -0.2) is 4.98 Å². The number of hydrogen-bond donors (Lipinski definition) is 1. The summed E-state index contributed by atoms with van der Waals surface area (Å²) in [6, 6.07) is 5.61. The van der Waals surface area contributed by atoms with Crippen molar-refractivity contribution in [1.29, 1.82) is 0 Å². The minimum absolute atomic E-state index is 0.144. The molecule has 6 heteroatoms. The maximum absolute atomic E-state index is 12.7. The fourth-order valence-electron chi connectivity index (χ4n) is 2.83. The van der Waals surface area contributed by atoms with E-state index in [4.69, 9.17) is 16.3 Å². The molecule has 0 bridgehead atoms. The van der Waals surface area contributed by atoms with E-state index in [1.807, 2.05) is 0 Å². The third-order valence-corrected chi connectivity index (χ3v) is 4.22. The molecule has 0 amide bonds. The number of rotatable bonds is 3. The summed E-state index contributed by atoms with van der Waals surface area (Å²) in [5, 5.41) is 4.14. The van der Waals surface area contributed by atoms with Crippen LogP contribution in [-0.2, 0) is 6.54 Å². The highest BCUT2D eigenvalue weighted by Crippen LogP contribution is 2.22. The van der Waals surface area contributed by atoms with E-state index in [0.29, 0.717) is 23.2 Å². The smallest absolute Gasteiger partial charge is 0.266 e. The lowest BCUT2D eigenvalue weighted by atomic mass is 10.1. The highest BCUT2D eigenvalue weighted by atomic mass is 35.5. The quantitative estimate of drug-likeness (QED) is 0.883. The number of hydrogen-bond acceptors (Lipinski definition) is 4. The fourth-order valence-corrected chi connectivity index (χ4v) is 3.07. The van der Waals surface area contributed by atoms with Crippen LogP contribution in [0.2, 0.25) is 5.28 Å². The van der Waals surface area contributed by atoms with Gasteiger partial charge in [-0.2, -0.15) is 0 Å². The second-order valence-corrected chi connectivity index (χ2v) is 5.64. The predicted molar refractivity (Wildman–Crippen MR) is 83.2 cm³/mol. The van der Waals surface area contributed by atoms with Crippen molar-refractivity contribution in [1.82, 2.24) is 14.9 Å². The molecule has 1 aromatic carbocycles. The van der Waals surface area contributed by atoms with E-state index in [1.54, 1.807) is 25.3 Å². The van der Waals surface area contributed by atoms with Crippen LogP contribution in [0, 0.1) is 0 Å². The van der Waals surface area contributed by atoms with Crippen LogP contribution in [0.15, 0.2) is 23.0 Å². The van der Waals surface area contributed by atoms with E-state index in [0.717, 1.165) is 13.0 Å². The van der Waals surface area contributed by atoms with Gasteiger partial charge >= 0.3 is 0 Å². The molecule has 1 saturated heterocycles. The summed E-state index contributed by atoms with van der Waals surface area (Å²) in [5.41, 5.74) is 0.423. The first kappa shape index (κ1) is 14.4. The monoisotopic (exact) mass is 307 g/mol. The van der Waals surface area contributed by atoms with Crippen LogP contribution in [-0.4, -0.2) is 29.2 Å². The summed E-state index contributed by atoms with van der Waals surface area (Å²) in [7, 11) is 1.55. The number of methoxy groups -OCH3 is 1. The number of halogens is 1. The minimum Gasteiger partial charge on any atom is -0.496 e. The molecule has 21 heavy (non-hydrogen) atoms. The fraction of sp³-hybridized carbons (Fsp3) is 0.467. The van der Waals surface area contributed by atoms with Crippen LogP contribution in [0.25, 0.3) is 10.9 Å². The molecular weight excluding hydrogens is 290 g/mol. The van der Waals surface area contributed by atoms with Crippen LogP contribution in [0.5, 0.6) is 5.75 Å². The molecule has 1 N–H and O–H groups in total. The Labute approximate surface area is 127 Å². The van der Waals surface area contributed by atoms with Crippen molar-refractivity contribution in [3.8, 4) is 5.75 Å². The Morgan fingerprint density at radius 3 is 3.05 bits per heavy atom. The van der Waals surface area contributed by atoms with Crippen LogP contribution >= 0.6 is 11.6 Å². The van der Waals surface area contributed by atoms with Crippen molar-refractivity contribution in [2.75, 3.05) is 13.7 Å². The summed E-state index contributed by atoms with van der Waals surface area (Å²) in [6.45, 7) is 1.53. The highest BCUT2D eigenvalue weighted by Gasteiger charge is 2.18. The van der Waals surface area contributed by atoms with Gasteiger partial charge in [-0.05, 0) is 43.1 Å². The van der Waals surface area contributed by atoms with E-state index in [9.17, 15) is 4.79 Å². The van der Waals surface area contributed by atoms with Gasteiger partial charge in [0.2, 0.25) is 5.28 Å². The first-order valence-electron chi connectivity index (χ1n) is 7.17. The Hall–Kier alpha value is -1.59. The second-order valence-electron chi connectivity index (χ2n) is 5.30. The average molecular weight is 308 g/mol. The summed E-state index contributed by atoms with van der Waals surface area (Å²) in [5.74, 6) is 0.534. The molecule has 0 aliphatic carbocycles. The summed E-state index contributed by atoms with van der Waals surface area (Å²) in [6.07, 6.45) is 3.41. The lowest BCUT2D eigenvalue weighted by Gasteiger charge is -2.24. The summed E-state index contributed by atoms with van der Waals surface area (Å²) >= 11 is 6.21. The Bertz CT molecular complexity index is 708. The number of benzene rings is 1. The largest absolute Gasteiger partial charge is 0.496 e. The third kappa shape index (κ3) is 2.76. The minimum atomic E-state index is -0.144. The lowest BCUT2D eigenvalue weighted by Crippen LogP contribution is -2.40. The number of fused-ring (bicyclic) bond motifs is 1. The average Bonchev–Trinajstić information content (AvgIpc) is 2.51. The molecule has 1 aromatic heterocycles. The predicted octanol–water partition coefficient (Wildman–Crippen LogP) is 2.20. The molecule has 1 aliphatic rings. The van der Waals surface area contributed by atoms with Gasteiger partial charge in [0.05, 0.1) is 12.6 Å². The molecule has 0 spiro atoms. The first-order chi connectivity index (χ1) is 10.2. The second kappa shape index (κ2) is 6.03. The molecule has 1 unspecified atom stereocenters. The Morgan fingerprint density at radius 1 is 1.48 bits per heavy atom. The number of nitrogens with one attached hydrogen (secondary N) is 1. The summed E-state index contributed by atoms with van der Waals surface area (Å²) < 4.78 is 6.82. The maximum atomic E-state index is 12.7. The third-order valence-electron chi connectivity index (χ3n) is 3.93. The normalized spacial score (nSPS) is 18.9. The molecule has 2 aromatic rings. The van der Waals surface area contributed by atoms with E-state index in [2.05, 4.69) is 10.3 Å². The zero-order chi connectivity index (χ0) is 14.8. The molecule has 1 aliphatic heterocycles. The van der Waals surface area contributed by atoms with Crippen LogP contribution in [0.3, 0.4) is 0 Å². The van der Waals surface area contributed by atoms with E-state index >= 15 is 0 Å². The molecule has 5 nitrogen and oxygen atoms in total. The number of ether oxygens (including phenoxy) is 1. The van der Waals surface area contributed by atoms with Gasteiger partial charge in [-0.15, -0.1) is 0 Å². The van der Waals surface area contributed by atoms with Gasteiger partial charge in [0.15, 0.2) is 0 Å². The molecule has 1 fully saturated rings. The first-order valence-corrected chi connectivity index (χ1v) is 7.55. The SMILES string of the molecule is COc1cccc2nc(Cl)n(CC3CCCCN3)c(=O)c12. The van der Waals surface area contributed by atoms with Gasteiger partial charge in [-0.1, -0.05) is 12.5 Å². The summed E-state index contributed by atoms with van der Waals surface area (Å²) in [4.78, 5) is 17.1. The molecule has 3 rings (SSSR count). The molecular formula is C15H18ClN3O2. The standard InChI is InChI=1S/C15H18ClN3O2/c1-21-12-7-4-6-11-13(12)14(20)19(15(16)18-11)9-10-5-2-3-8-17-10/h4,6-7,10,17H,2-3,5,8-9H2,1H3. The van der Waals surface area contributed by atoms with Crippen LogP contribution in [0.4, 0.5) is 0 Å². The molecule has 0 saturated carbocycles. The Balaban J connectivity index is 2.07. The number of piperidine rings is 1. The van der Waals surface area contributed by atoms with Crippen molar-refractivity contribution in [3.05, 3.63) is 33.8 Å². The van der Waals surface area contributed by atoms with E-state index in [1.165, 1.54) is 17.4 Å². The maximum Gasteiger partial charge on any atom is 0.266 e. The van der Waals surface area contributed by atoms with Crippen molar-refractivity contribution in [2.45, 2.75) is 31.8 Å². The Morgan fingerprint density at radius 2 is 2.33 bits per heavy atom. The molecule has 2 heterocycles. The zero-order valence-corrected chi connectivity index (χ0v) is 12.7. The highest BCUT2D eigenvalue weighted by molar-refractivity contribution is 6.28. The van der Waals surface area contributed by atoms with Crippen LogP contribution in [0.1, 0.15) is 19.3 Å². The Kier molecular flexibility index (Phi) is 4.12. The molecule has 112 valence electrons. The van der Waals surface area contributed by atoms with E-state index < -0.39 is 0 Å². The topological polar surface area (TPSA) is 56.1 Å². The van der Waals surface area contributed by atoms with Gasteiger partial charge in [0, 0.05) is 12.6 Å². The van der Waals surface area contributed by atoms with Gasteiger partial charge in [0.25, 0.3) is 5.56 Å². The van der Waals surface area contributed by atoms with Crippen LogP contribution < -0.4 is 15.6 Å². The molecule has 0 radical (unpaired) electrons. The van der Waals surface area contributed by atoms with Crippen molar-refractivity contribution >= 4 is 22.5 Å². The van der Waals surface area contributed by atoms with E-state index in [-0.39, 0.29) is 16.9 Å². The molecule has 1 atom stereocenters.